The molecule has 1 heterocycles. The molecule has 0 saturated heterocycles. The van der Waals surface area contributed by atoms with Gasteiger partial charge in [0.15, 0.2) is 0 Å². The summed E-state index contributed by atoms with van der Waals surface area (Å²) < 4.78 is 7.28. The average Bonchev–Trinajstić information content (AvgIpc) is 2.74. The van der Waals surface area contributed by atoms with Crippen LogP contribution in [0.5, 0.6) is 5.75 Å². The zero-order valence-corrected chi connectivity index (χ0v) is 12.3. The van der Waals surface area contributed by atoms with Gasteiger partial charge in [0.25, 0.3) is 0 Å². The predicted molar refractivity (Wildman–Crippen MR) is 78.7 cm³/mol. The minimum Gasteiger partial charge on any atom is -0.492 e. The number of ether oxygens (including phenoxy) is 1. The van der Waals surface area contributed by atoms with Gasteiger partial charge in [-0.15, -0.1) is 0 Å². The highest BCUT2D eigenvalue weighted by atomic mass is 16.5. The highest BCUT2D eigenvalue weighted by Crippen LogP contribution is 2.30. The first-order chi connectivity index (χ1) is 9.47. The van der Waals surface area contributed by atoms with Gasteiger partial charge in [-0.2, -0.15) is 0 Å². The third-order valence-electron chi connectivity index (χ3n) is 3.20. The van der Waals surface area contributed by atoms with Gasteiger partial charge in [0.05, 0.1) is 12.1 Å². The van der Waals surface area contributed by atoms with E-state index in [1.165, 1.54) is 0 Å². The number of fused-ring (bicyclic) bond motifs is 1. The zero-order valence-electron chi connectivity index (χ0n) is 12.3. The number of imidazole rings is 1. The van der Waals surface area contributed by atoms with Crippen molar-refractivity contribution in [3.05, 3.63) is 18.2 Å². The summed E-state index contributed by atoms with van der Waals surface area (Å²) in [6.07, 6.45) is 0. The number of carbonyl (C=O) groups excluding carboxylic acids is 1. The standard InChI is InChI=1S/C14H20N4O2/c1-5-20-11-8-6-7-10-12(11)16-14(15)18(10)9(2)13(19)17(3)4/h6-9H,5H2,1-4H3,(H2,15,16). The number of nitrogen functional groups attached to an aromatic ring is 1. The quantitative estimate of drug-likeness (QED) is 0.921. The average molecular weight is 276 g/mol. The van der Waals surface area contributed by atoms with Crippen molar-refractivity contribution in [3.63, 3.8) is 0 Å². The fraction of sp³-hybridized carbons (Fsp3) is 0.429. The zero-order chi connectivity index (χ0) is 14.9. The Morgan fingerprint density at radius 3 is 2.80 bits per heavy atom. The van der Waals surface area contributed by atoms with Crippen LogP contribution in [0, 0.1) is 0 Å². The summed E-state index contributed by atoms with van der Waals surface area (Å²) >= 11 is 0. The first-order valence-corrected chi connectivity index (χ1v) is 6.57. The van der Waals surface area contributed by atoms with Gasteiger partial charge in [-0.1, -0.05) is 6.07 Å². The van der Waals surface area contributed by atoms with E-state index in [-0.39, 0.29) is 5.91 Å². The Morgan fingerprint density at radius 2 is 2.20 bits per heavy atom. The molecule has 6 heteroatoms. The molecule has 2 N–H and O–H groups in total. The van der Waals surface area contributed by atoms with Crippen molar-refractivity contribution < 1.29 is 9.53 Å². The Morgan fingerprint density at radius 1 is 1.50 bits per heavy atom. The SMILES string of the molecule is CCOc1cccc2c1nc(N)n2C(C)C(=O)N(C)C. The maximum atomic E-state index is 12.1. The number of nitrogens with zero attached hydrogens (tertiary/aromatic N) is 3. The summed E-state index contributed by atoms with van der Waals surface area (Å²) in [5, 5.41) is 0. The minimum atomic E-state index is -0.410. The van der Waals surface area contributed by atoms with Crippen LogP contribution >= 0.6 is 0 Å². The van der Waals surface area contributed by atoms with Crippen LogP contribution in [0.3, 0.4) is 0 Å². The lowest BCUT2D eigenvalue weighted by Gasteiger charge is -2.19. The number of carbonyl (C=O) groups is 1. The number of likely N-dealkylation sites (N-methyl/N-ethyl adjacent to an activating group) is 1. The number of para-hydroxylation sites is 1. The minimum absolute atomic E-state index is 0.0298. The molecule has 0 aliphatic heterocycles. The summed E-state index contributed by atoms with van der Waals surface area (Å²) in [7, 11) is 3.44. The molecule has 6 nitrogen and oxygen atoms in total. The number of anilines is 1. The molecule has 0 bridgehead atoms. The van der Waals surface area contributed by atoms with Crippen LogP contribution in [0.25, 0.3) is 11.0 Å². The van der Waals surface area contributed by atoms with Crippen molar-refractivity contribution in [2.45, 2.75) is 19.9 Å². The van der Waals surface area contributed by atoms with E-state index in [0.29, 0.717) is 23.8 Å². The number of amides is 1. The number of hydrogen-bond acceptors (Lipinski definition) is 4. The number of rotatable bonds is 4. The molecule has 0 aliphatic rings. The second-order valence-electron chi connectivity index (χ2n) is 4.81. The maximum Gasteiger partial charge on any atom is 0.244 e. The molecular formula is C14H20N4O2. The smallest absolute Gasteiger partial charge is 0.244 e. The molecule has 0 spiro atoms. The third kappa shape index (κ3) is 2.29. The van der Waals surface area contributed by atoms with Crippen LogP contribution in [0.15, 0.2) is 18.2 Å². The number of hydrogen-bond donors (Lipinski definition) is 1. The molecule has 1 unspecified atom stereocenters. The van der Waals surface area contributed by atoms with Crippen molar-refractivity contribution in [2.75, 3.05) is 26.4 Å². The normalized spacial score (nSPS) is 12.4. The van der Waals surface area contributed by atoms with E-state index in [1.807, 2.05) is 32.0 Å². The van der Waals surface area contributed by atoms with E-state index in [9.17, 15) is 4.79 Å². The molecule has 0 saturated carbocycles. The number of aromatic nitrogens is 2. The van der Waals surface area contributed by atoms with E-state index in [0.717, 1.165) is 5.52 Å². The lowest BCUT2D eigenvalue weighted by atomic mass is 10.2. The third-order valence-corrected chi connectivity index (χ3v) is 3.20. The Balaban J connectivity index is 2.57. The van der Waals surface area contributed by atoms with Crippen molar-refractivity contribution in [1.82, 2.24) is 14.5 Å². The van der Waals surface area contributed by atoms with Gasteiger partial charge in [0.1, 0.15) is 17.3 Å². The van der Waals surface area contributed by atoms with Gasteiger partial charge in [-0.25, -0.2) is 4.98 Å². The molecular weight excluding hydrogens is 256 g/mol. The van der Waals surface area contributed by atoms with Gasteiger partial charge < -0.3 is 15.4 Å². The predicted octanol–water partition coefficient (Wildman–Crippen LogP) is 1.67. The molecule has 1 atom stereocenters. The lowest BCUT2D eigenvalue weighted by molar-refractivity contribution is -0.131. The van der Waals surface area contributed by atoms with Crippen LogP contribution in [0.4, 0.5) is 5.95 Å². The number of benzene rings is 1. The Labute approximate surface area is 118 Å². The fourth-order valence-electron chi connectivity index (χ4n) is 2.27. The molecule has 2 rings (SSSR count). The van der Waals surface area contributed by atoms with Crippen molar-refractivity contribution in [1.29, 1.82) is 0 Å². The molecule has 1 aromatic heterocycles. The summed E-state index contributed by atoms with van der Waals surface area (Å²) in [5.41, 5.74) is 7.47. The van der Waals surface area contributed by atoms with Gasteiger partial charge >= 0.3 is 0 Å². The van der Waals surface area contributed by atoms with Crippen molar-refractivity contribution in [2.24, 2.45) is 0 Å². The lowest BCUT2D eigenvalue weighted by Crippen LogP contribution is -2.30. The molecule has 1 amide bonds. The molecule has 108 valence electrons. The monoisotopic (exact) mass is 276 g/mol. The number of nitrogens with two attached hydrogens (primary N) is 1. The van der Waals surface area contributed by atoms with Crippen LogP contribution in [-0.2, 0) is 4.79 Å². The van der Waals surface area contributed by atoms with E-state index >= 15 is 0 Å². The van der Waals surface area contributed by atoms with Crippen molar-refractivity contribution >= 4 is 22.9 Å². The van der Waals surface area contributed by atoms with E-state index < -0.39 is 6.04 Å². The van der Waals surface area contributed by atoms with Crippen LogP contribution < -0.4 is 10.5 Å². The Kier molecular flexibility index (Phi) is 3.83. The topological polar surface area (TPSA) is 73.4 Å². The van der Waals surface area contributed by atoms with Crippen LogP contribution in [0.2, 0.25) is 0 Å². The highest BCUT2D eigenvalue weighted by Gasteiger charge is 2.22. The van der Waals surface area contributed by atoms with E-state index in [1.54, 1.807) is 23.6 Å². The molecule has 2 aromatic rings. The van der Waals surface area contributed by atoms with E-state index in [4.69, 9.17) is 10.5 Å². The van der Waals surface area contributed by atoms with Gasteiger partial charge in [-0.3, -0.25) is 9.36 Å². The molecule has 0 aliphatic carbocycles. The van der Waals surface area contributed by atoms with Gasteiger partial charge in [0, 0.05) is 14.1 Å². The molecule has 20 heavy (non-hydrogen) atoms. The summed E-state index contributed by atoms with van der Waals surface area (Å²) in [6, 6.07) is 5.20. The molecule has 1 aromatic carbocycles. The summed E-state index contributed by atoms with van der Waals surface area (Å²) in [4.78, 5) is 18.0. The van der Waals surface area contributed by atoms with Gasteiger partial charge in [0.2, 0.25) is 11.9 Å². The molecule has 0 radical (unpaired) electrons. The first-order valence-electron chi connectivity index (χ1n) is 6.57. The van der Waals surface area contributed by atoms with Crippen LogP contribution in [-0.4, -0.2) is 41.1 Å². The summed E-state index contributed by atoms with van der Waals surface area (Å²) in [6.45, 7) is 4.28. The van der Waals surface area contributed by atoms with E-state index in [2.05, 4.69) is 4.98 Å². The van der Waals surface area contributed by atoms with Crippen LogP contribution in [0.1, 0.15) is 19.9 Å². The second kappa shape index (κ2) is 5.40. The second-order valence-corrected chi connectivity index (χ2v) is 4.81. The Bertz CT molecular complexity index is 633. The highest BCUT2D eigenvalue weighted by molar-refractivity contribution is 5.88. The summed E-state index contributed by atoms with van der Waals surface area (Å²) in [5.74, 6) is 0.965. The van der Waals surface area contributed by atoms with Crippen molar-refractivity contribution in [3.8, 4) is 5.75 Å². The maximum absolute atomic E-state index is 12.1. The largest absolute Gasteiger partial charge is 0.492 e. The first kappa shape index (κ1) is 14.2. The van der Waals surface area contributed by atoms with Gasteiger partial charge in [-0.05, 0) is 26.0 Å². The fourth-order valence-corrected chi connectivity index (χ4v) is 2.27. The molecule has 0 fully saturated rings. The Hall–Kier alpha value is -2.24.